The molecule has 0 radical (unpaired) electrons. The highest BCUT2D eigenvalue weighted by molar-refractivity contribution is 6.76. The van der Waals surface area contributed by atoms with Crippen molar-refractivity contribution in [1.82, 2.24) is 0 Å². The molecule has 2 heteroatoms. The van der Waals surface area contributed by atoms with Crippen molar-refractivity contribution in [3.8, 4) is 0 Å². The van der Waals surface area contributed by atoms with Gasteiger partial charge in [0.2, 0.25) is 0 Å². The van der Waals surface area contributed by atoms with Crippen LogP contribution in [0.5, 0.6) is 0 Å². The molecule has 2 aromatic rings. The van der Waals surface area contributed by atoms with Crippen LogP contribution in [0.25, 0.3) is 0 Å². The first-order valence-corrected chi connectivity index (χ1v) is 6.15. The molecule has 1 nitrogen and oxygen atoms in total. The molecule has 0 heterocycles. The van der Waals surface area contributed by atoms with Crippen LogP contribution in [0.4, 0.5) is 5.69 Å². The summed E-state index contributed by atoms with van der Waals surface area (Å²) in [7, 11) is 2.16. The summed E-state index contributed by atoms with van der Waals surface area (Å²) >= 11 is 0. The zero-order valence-corrected chi connectivity index (χ0v) is 10.5. The van der Waals surface area contributed by atoms with Crippen LogP contribution < -0.4 is 10.3 Å². The Kier molecular flexibility index (Phi) is 3.87. The first-order valence-electron chi connectivity index (χ1n) is 6.15. The second-order valence-corrected chi connectivity index (χ2v) is 4.28. The van der Waals surface area contributed by atoms with Gasteiger partial charge in [0.05, 0.1) is 0 Å². The Labute approximate surface area is 104 Å². The maximum atomic E-state index is 2.34. The number of hydrogen-bond donors (Lipinski definition) is 0. The molecule has 0 unspecified atom stereocenters. The molecule has 0 fully saturated rings. The Morgan fingerprint density at radius 2 is 1.41 bits per heavy atom. The number of benzene rings is 2. The minimum atomic E-state index is 0.443. The molecule has 0 aliphatic carbocycles. The highest BCUT2D eigenvalue weighted by atomic mass is 15.0. The predicted octanol–water partition coefficient (Wildman–Crippen LogP) is 3.04. The van der Waals surface area contributed by atoms with E-state index in [1.165, 1.54) is 11.2 Å². The Hall–Kier alpha value is -1.70. The van der Waals surface area contributed by atoms with E-state index in [2.05, 4.69) is 79.4 Å². The van der Waals surface area contributed by atoms with E-state index in [1.54, 1.807) is 0 Å². The van der Waals surface area contributed by atoms with Gasteiger partial charge in [0.15, 0.2) is 0 Å². The molecule has 2 rings (SSSR count). The summed E-state index contributed by atoms with van der Waals surface area (Å²) < 4.78 is 0. The fourth-order valence-electron chi connectivity index (χ4n) is 2.25. The van der Waals surface area contributed by atoms with Crippen LogP contribution >= 0.6 is 0 Å². The molecule has 0 amide bonds. The van der Waals surface area contributed by atoms with Gasteiger partial charge >= 0.3 is 0 Å². The van der Waals surface area contributed by atoms with Crippen molar-refractivity contribution in [3.05, 3.63) is 60.7 Å². The van der Waals surface area contributed by atoms with Crippen LogP contribution in [0.15, 0.2) is 60.7 Å². The second-order valence-electron chi connectivity index (χ2n) is 4.28. The quantitative estimate of drug-likeness (QED) is 0.720. The maximum Gasteiger partial charge on any atom is 0.288 e. The SMILES string of the molecule is CCB(c1ccccc1)N(C)c1ccccc1. The Morgan fingerprint density at radius 3 is 1.94 bits per heavy atom. The largest absolute Gasteiger partial charge is 0.413 e. The zero-order valence-electron chi connectivity index (χ0n) is 10.5. The van der Waals surface area contributed by atoms with Crippen molar-refractivity contribution >= 4 is 18.0 Å². The summed E-state index contributed by atoms with van der Waals surface area (Å²) in [6.07, 6.45) is 1.11. The van der Waals surface area contributed by atoms with Gasteiger partial charge < -0.3 is 4.81 Å². The van der Waals surface area contributed by atoms with Gasteiger partial charge in [-0.1, -0.05) is 67.2 Å². The Bertz CT molecular complexity index is 441. The molecule has 0 atom stereocenters. The van der Waals surface area contributed by atoms with Crippen LogP contribution in [-0.2, 0) is 0 Å². The van der Waals surface area contributed by atoms with E-state index in [1.807, 2.05) is 0 Å². The Balaban J connectivity index is 2.25. The van der Waals surface area contributed by atoms with Crippen LogP contribution in [0.2, 0.25) is 6.32 Å². The van der Waals surface area contributed by atoms with Crippen LogP contribution in [0.1, 0.15) is 6.92 Å². The van der Waals surface area contributed by atoms with Gasteiger partial charge in [0.1, 0.15) is 0 Å². The van der Waals surface area contributed by atoms with E-state index in [0.717, 1.165) is 6.32 Å². The van der Waals surface area contributed by atoms with Gasteiger partial charge in [-0.15, -0.1) is 0 Å². The molecule has 0 N–H and O–H groups in total. The summed E-state index contributed by atoms with van der Waals surface area (Å²) in [5, 5.41) is 0. The molecule has 0 bridgehead atoms. The van der Waals surface area contributed by atoms with E-state index < -0.39 is 0 Å². The van der Waals surface area contributed by atoms with Gasteiger partial charge in [0, 0.05) is 5.69 Å². The Morgan fingerprint density at radius 1 is 0.882 bits per heavy atom. The predicted molar refractivity (Wildman–Crippen MR) is 77.2 cm³/mol. The number of para-hydroxylation sites is 1. The lowest BCUT2D eigenvalue weighted by atomic mass is 9.52. The molecule has 0 saturated carbocycles. The van der Waals surface area contributed by atoms with Crippen LogP contribution in [0.3, 0.4) is 0 Å². The first-order chi connectivity index (χ1) is 8.33. The third-order valence-corrected chi connectivity index (χ3v) is 3.20. The molecular weight excluding hydrogens is 205 g/mol. The standard InChI is InChI=1S/C15H18BN/c1-3-16(14-10-6-4-7-11-14)17(2)15-12-8-5-9-13-15/h4-13H,3H2,1-2H3. The molecule has 0 saturated heterocycles. The van der Waals surface area contributed by atoms with Crippen molar-refractivity contribution in [2.45, 2.75) is 13.2 Å². The minimum absolute atomic E-state index is 0.443. The fourth-order valence-corrected chi connectivity index (χ4v) is 2.25. The summed E-state index contributed by atoms with van der Waals surface area (Å²) in [6.45, 7) is 2.68. The van der Waals surface area contributed by atoms with Crippen molar-refractivity contribution in [1.29, 1.82) is 0 Å². The molecule has 17 heavy (non-hydrogen) atoms. The number of rotatable bonds is 4. The number of hydrogen-bond acceptors (Lipinski definition) is 1. The molecular formula is C15H18BN. The summed E-state index contributed by atoms with van der Waals surface area (Å²) in [6, 6.07) is 21.2. The molecule has 0 aliphatic rings. The summed E-state index contributed by atoms with van der Waals surface area (Å²) in [5.74, 6) is 0. The van der Waals surface area contributed by atoms with Crippen molar-refractivity contribution in [3.63, 3.8) is 0 Å². The highest BCUT2D eigenvalue weighted by Crippen LogP contribution is 2.14. The first kappa shape index (κ1) is 11.8. The number of nitrogens with zero attached hydrogens (tertiary/aromatic N) is 1. The van der Waals surface area contributed by atoms with Gasteiger partial charge in [-0.3, -0.25) is 0 Å². The van der Waals surface area contributed by atoms with E-state index >= 15 is 0 Å². The van der Waals surface area contributed by atoms with E-state index in [4.69, 9.17) is 0 Å². The van der Waals surface area contributed by atoms with Gasteiger partial charge in [-0.05, 0) is 19.2 Å². The van der Waals surface area contributed by atoms with Crippen LogP contribution in [-0.4, -0.2) is 13.9 Å². The lowest BCUT2D eigenvalue weighted by Gasteiger charge is -2.27. The van der Waals surface area contributed by atoms with Gasteiger partial charge in [-0.25, -0.2) is 0 Å². The third kappa shape index (κ3) is 2.70. The topological polar surface area (TPSA) is 3.24 Å². The average molecular weight is 223 g/mol. The van der Waals surface area contributed by atoms with Gasteiger partial charge in [0.25, 0.3) is 6.85 Å². The molecule has 0 spiro atoms. The normalized spacial score (nSPS) is 10.0. The summed E-state index contributed by atoms with van der Waals surface area (Å²) in [4.78, 5) is 2.34. The minimum Gasteiger partial charge on any atom is -0.413 e. The molecule has 0 aromatic heterocycles. The second kappa shape index (κ2) is 5.58. The fraction of sp³-hybridized carbons (Fsp3) is 0.200. The van der Waals surface area contributed by atoms with E-state index in [-0.39, 0.29) is 0 Å². The van der Waals surface area contributed by atoms with Crippen LogP contribution in [0, 0.1) is 0 Å². The van der Waals surface area contributed by atoms with Gasteiger partial charge in [-0.2, -0.15) is 0 Å². The lowest BCUT2D eigenvalue weighted by molar-refractivity contribution is 1.25. The molecule has 2 aromatic carbocycles. The summed E-state index contributed by atoms with van der Waals surface area (Å²) in [5.41, 5.74) is 2.64. The molecule has 86 valence electrons. The van der Waals surface area contributed by atoms with Crippen molar-refractivity contribution < 1.29 is 0 Å². The van der Waals surface area contributed by atoms with Crippen molar-refractivity contribution in [2.75, 3.05) is 11.9 Å². The maximum absolute atomic E-state index is 2.34. The van der Waals surface area contributed by atoms with E-state index in [9.17, 15) is 0 Å². The van der Waals surface area contributed by atoms with E-state index in [0.29, 0.717) is 6.85 Å². The smallest absolute Gasteiger partial charge is 0.288 e. The lowest BCUT2D eigenvalue weighted by Crippen LogP contribution is -2.45. The monoisotopic (exact) mass is 223 g/mol. The molecule has 0 aliphatic heterocycles. The average Bonchev–Trinajstić information content (AvgIpc) is 2.42. The van der Waals surface area contributed by atoms with Crippen molar-refractivity contribution in [2.24, 2.45) is 0 Å². The zero-order chi connectivity index (χ0) is 12.1. The highest BCUT2D eigenvalue weighted by Gasteiger charge is 2.20. The third-order valence-electron chi connectivity index (χ3n) is 3.20. The number of anilines is 1.